The molecule has 1 unspecified atom stereocenters. The average Bonchev–Trinajstić information content (AvgIpc) is 3.01. The molecule has 11 heteroatoms. The van der Waals surface area contributed by atoms with Gasteiger partial charge in [-0.25, -0.2) is 12.7 Å². The quantitative estimate of drug-likeness (QED) is 0.710. The summed E-state index contributed by atoms with van der Waals surface area (Å²) >= 11 is 1.35. The van der Waals surface area contributed by atoms with Gasteiger partial charge < -0.3 is 14.6 Å². The van der Waals surface area contributed by atoms with Gasteiger partial charge >= 0.3 is 0 Å². The van der Waals surface area contributed by atoms with Gasteiger partial charge in [-0.3, -0.25) is 9.59 Å². The van der Waals surface area contributed by atoms with Gasteiger partial charge in [0.25, 0.3) is 5.91 Å². The maximum absolute atomic E-state index is 12.9. The first-order valence-corrected chi connectivity index (χ1v) is 12.3. The molecule has 2 amide bonds. The van der Waals surface area contributed by atoms with Crippen LogP contribution < -0.4 is 10.1 Å². The van der Waals surface area contributed by atoms with E-state index >= 15 is 0 Å². The fourth-order valence-corrected chi connectivity index (χ4v) is 5.48. The molecule has 1 aliphatic rings. The number of benzene rings is 1. The van der Waals surface area contributed by atoms with E-state index in [9.17, 15) is 18.0 Å². The molecule has 3 rings (SSSR count). The highest BCUT2D eigenvalue weighted by Gasteiger charge is 2.30. The minimum Gasteiger partial charge on any atom is -0.383 e. The molecule has 1 atom stereocenters. The lowest BCUT2D eigenvalue weighted by Gasteiger charge is -2.28. The molecule has 0 aliphatic carbocycles. The van der Waals surface area contributed by atoms with E-state index in [1.54, 1.807) is 13.2 Å². The maximum Gasteiger partial charge on any atom is 0.252 e. The van der Waals surface area contributed by atoms with Gasteiger partial charge in [-0.1, -0.05) is 11.3 Å². The molecular weight excluding hydrogens is 428 g/mol. The van der Waals surface area contributed by atoms with Crippen molar-refractivity contribution in [1.82, 2.24) is 8.87 Å². The van der Waals surface area contributed by atoms with E-state index in [-0.39, 0.29) is 18.4 Å². The highest BCUT2D eigenvalue weighted by atomic mass is 32.2. The number of piperidine rings is 1. The minimum atomic E-state index is -3.33. The number of carbonyl (C=O) groups excluding carboxylic acids is 2. The van der Waals surface area contributed by atoms with Crippen molar-refractivity contribution in [2.75, 3.05) is 38.4 Å². The van der Waals surface area contributed by atoms with Crippen molar-refractivity contribution in [3.05, 3.63) is 23.0 Å². The van der Waals surface area contributed by atoms with Crippen molar-refractivity contribution in [2.24, 2.45) is 10.9 Å². The number of methoxy groups -OCH3 is 1. The Morgan fingerprint density at radius 3 is 2.80 bits per heavy atom. The fraction of sp³-hybridized carbons (Fsp3) is 0.526. The molecule has 1 aromatic carbocycles. The van der Waals surface area contributed by atoms with Crippen LogP contribution in [0.25, 0.3) is 10.2 Å². The third kappa shape index (κ3) is 5.34. The summed E-state index contributed by atoms with van der Waals surface area (Å²) in [5.74, 6) is -0.932. The van der Waals surface area contributed by atoms with Crippen LogP contribution >= 0.6 is 11.3 Å². The van der Waals surface area contributed by atoms with Crippen molar-refractivity contribution < 1.29 is 22.7 Å². The zero-order valence-corrected chi connectivity index (χ0v) is 18.9. The van der Waals surface area contributed by atoms with Gasteiger partial charge in [-0.2, -0.15) is 4.99 Å². The molecule has 1 fully saturated rings. The summed E-state index contributed by atoms with van der Waals surface area (Å²) in [6, 6.07) is 5.53. The number of ether oxygens (including phenoxy) is 1. The Labute approximate surface area is 179 Å². The summed E-state index contributed by atoms with van der Waals surface area (Å²) in [5, 5.41) is 2.75. The van der Waals surface area contributed by atoms with Crippen LogP contribution in [-0.2, 0) is 30.9 Å². The molecule has 2 aromatic rings. The molecule has 1 saturated heterocycles. The number of anilines is 1. The van der Waals surface area contributed by atoms with E-state index in [1.165, 1.54) is 22.6 Å². The van der Waals surface area contributed by atoms with Crippen molar-refractivity contribution in [3.8, 4) is 0 Å². The lowest BCUT2D eigenvalue weighted by Crippen LogP contribution is -2.41. The van der Waals surface area contributed by atoms with Gasteiger partial charge in [-0.05, 0) is 31.0 Å². The highest BCUT2D eigenvalue weighted by molar-refractivity contribution is 7.88. The SMILES string of the molecule is COCCn1c(=NC(=O)C2CCCN(S(C)(=O)=O)C2)sc2cc(NC(C)=O)ccc21. The summed E-state index contributed by atoms with van der Waals surface area (Å²) in [6.45, 7) is 3.01. The number of hydrogen-bond donors (Lipinski definition) is 1. The number of sulfonamides is 1. The van der Waals surface area contributed by atoms with E-state index in [0.717, 1.165) is 16.5 Å². The number of rotatable bonds is 6. The zero-order valence-electron chi connectivity index (χ0n) is 17.3. The molecule has 2 heterocycles. The normalized spacial score (nSPS) is 18.6. The van der Waals surface area contributed by atoms with Crippen LogP contribution in [0, 0.1) is 5.92 Å². The Bertz CT molecular complexity index is 1120. The van der Waals surface area contributed by atoms with Crippen molar-refractivity contribution in [2.45, 2.75) is 26.3 Å². The largest absolute Gasteiger partial charge is 0.383 e. The Morgan fingerprint density at radius 1 is 1.37 bits per heavy atom. The monoisotopic (exact) mass is 454 g/mol. The number of nitrogens with one attached hydrogen (secondary N) is 1. The summed E-state index contributed by atoms with van der Waals surface area (Å²) < 4.78 is 33.0. The van der Waals surface area contributed by atoms with E-state index in [0.29, 0.717) is 43.0 Å². The molecular formula is C19H26N4O5S2. The first kappa shape index (κ1) is 22.6. The van der Waals surface area contributed by atoms with Crippen LogP contribution in [0.2, 0.25) is 0 Å². The number of hydrogen-bond acceptors (Lipinski definition) is 6. The van der Waals surface area contributed by atoms with Gasteiger partial charge in [0.2, 0.25) is 15.9 Å². The lowest BCUT2D eigenvalue weighted by atomic mass is 9.99. The van der Waals surface area contributed by atoms with Crippen LogP contribution in [0.1, 0.15) is 19.8 Å². The van der Waals surface area contributed by atoms with E-state index in [2.05, 4.69) is 10.3 Å². The summed E-state index contributed by atoms with van der Waals surface area (Å²) in [4.78, 5) is 29.1. The molecule has 1 N–H and O–H groups in total. The van der Waals surface area contributed by atoms with Gasteiger partial charge in [0.1, 0.15) is 0 Å². The second kappa shape index (κ2) is 9.38. The number of carbonyl (C=O) groups is 2. The topological polar surface area (TPSA) is 110 Å². The smallest absolute Gasteiger partial charge is 0.252 e. The molecule has 0 radical (unpaired) electrons. The maximum atomic E-state index is 12.9. The van der Waals surface area contributed by atoms with Gasteiger partial charge in [-0.15, -0.1) is 0 Å². The summed E-state index contributed by atoms with van der Waals surface area (Å²) in [6.07, 6.45) is 2.41. The van der Waals surface area contributed by atoms with E-state index < -0.39 is 15.9 Å². The van der Waals surface area contributed by atoms with Crippen LogP contribution in [0.15, 0.2) is 23.2 Å². The van der Waals surface area contributed by atoms with E-state index in [4.69, 9.17) is 4.74 Å². The Hall–Kier alpha value is -2.08. The predicted octanol–water partition coefficient (Wildman–Crippen LogP) is 1.41. The first-order chi connectivity index (χ1) is 14.2. The summed E-state index contributed by atoms with van der Waals surface area (Å²) in [7, 11) is -1.73. The van der Waals surface area contributed by atoms with Crippen LogP contribution in [-0.4, -0.2) is 62.2 Å². The third-order valence-electron chi connectivity index (χ3n) is 4.93. The third-order valence-corrected chi connectivity index (χ3v) is 7.24. The molecule has 0 saturated carbocycles. The van der Waals surface area contributed by atoms with Crippen molar-refractivity contribution >= 4 is 49.1 Å². The van der Waals surface area contributed by atoms with Crippen molar-refractivity contribution in [3.63, 3.8) is 0 Å². The van der Waals surface area contributed by atoms with Gasteiger partial charge in [0.05, 0.1) is 29.0 Å². The molecule has 164 valence electrons. The number of fused-ring (bicyclic) bond motifs is 1. The second-order valence-corrected chi connectivity index (χ2v) is 10.3. The number of amides is 2. The van der Waals surface area contributed by atoms with E-state index in [1.807, 2.05) is 16.7 Å². The predicted molar refractivity (Wildman–Crippen MR) is 116 cm³/mol. The molecule has 1 aromatic heterocycles. The standard InChI is InChI=1S/C19H26N4O5S2/c1-13(24)20-15-6-7-16-17(11-15)29-19(23(16)9-10-28-2)21-18(25)14-5-4-8-22(12-14)30(3,26)27/h6-7,11,14H,4-5,8-10,12H2,1-3H3,(H,20,24). The van der Waals surface area contributed by atoms with Crippen LogP contribution in [0.3, 0.4) is 0 Å². The fourth-order valence-electron chi connectivity index (χ4n) is 3.47. The van der Waals surface area contributed by atoms with Crippen molar-refractivity contribution in [1.29, 1.82) is 0 Å². The number of thiazole rings is 1. The summed E-state index contributed by atoms with van der Waals surface area (Å²) in [5.41, 5.74) is 1.56. The minimum absolute atomic E-state index is 0.161. The molecule has 0 bridgehead atoms. The second-order valence-electron chi connectivity index (χ2n) is 7.30. The van der Waals surface area contributed by atoms with Crippen LogP contribution in [0.5, 0.6) is 0 Å². The Kier molecular flexibility index (Phi) is 7.06. The van der Waals surface area contributed by atoms with Crippen LogP contribution in [0.4, 0.5) is 5.69 Å². The Balaban J connectivity index is 1.96. The lowest BCUT2D eigenvalue weighted by molar-refractivity contribution is -0.122. The molecule has 30 heavy (non-hydrogen) atoms. The highest BCUT2D eigenvalue weighted by Crippen LogP contribution is 2.23. The molecule has 9 nitrogen and oxygen atoms in total. The molecule has 1 aliphatic heterocycles. The number of nitrogens with zero attached hydrogens (tertiary/aromatic N) is 3. The van der Waals surface area contributed by atoms with Gasteiger partial charge in [0.15, 0.2) is 4.80 Å². The number of aromatic nitrogens is 1. The Morgan fingerprint density at radius 2 is 2.13 bits per heavy atom. The average molecular weight is 455 g/mol. The zero-order chi connectivity index (χ0) is 21.9. The van der Waals surface area contributed by atoms with Gasteiger partial charge in [0, 0.05) is 39.4 Å². The first-order valence-electron chi connectivity index (χ1n) is 9.62. The molecule has 0 spiro atoms.